The maximum absolute atomic E-state index is 9.08. The minimum absolute atomic E-state index is 0.0454. The standard InChI is InChI=1S/C12H18BrN3O3/c1-19-7-5-16(4-6-17)9-2-3-10(11(13)8-9)12(14)15-18/h2-3,8,17-18H,4-7H2,1H3,(H2,14,15). The number of hydrogen-bond acceptors (Lipinski definition) is 5. The highest BCUT2D eigenvalue weighted by molar-refractivity contribution is 9.10. The summed E-state index contributed by atoms with van der Waals surface area (Å²) in [5, 5.41) is 20.7. The molecule has 0 aromatic heterocycles. The summed E-state index contributed by atoms with van der Waals surface area (Å²) in [6.45, 7) is 1.81. The van der Waals surface area contributed by atoms with Crippen molar-refractivity contribution in [1.82, 2.24) is 0 Å². The number of nitrogens with zero attached hydrogens (tertiary/aromatic N) is 2. The molecular weight excluding hydrogens is 314 g/mol. The predicted octanol–water partition coefficient (Wildman–Crippen LogP) is 0.989. The van der Waals surface area contributed by atoms with Crippen LogP contribution in [0.1, 0.15) is 5.56 Å². The molecule has 0 spiro atoms. The van der Waals surface area contributed by atoms with Crippen LogP contribution in [0.25, 0.3) is 0 Å². The van der Waals surface area contributed by atoms with Gasteiger partial charge >= 0.3 is 0 Å². The summed E-state index contributed by atoms with van der Waals surface area (Å²) < 4.78 is 5.77. The monoisotopic (exact) mass is 331 g/mol. The quantitative estimate of drug-likeness (QED) is 0.300. The zero-order chi connectivity index (χ0) is 14.3. The Morgan fingerprint density at radius 1 is 1.47 bits per heavy atom. The first-order valence-electron chi connectivity index (χ1n) is 5.76. The summed E-state index contributed by atoms with van der Waals surface area (Å²) in [5.41, 5.74) is 7.09. The zero-order valence-corrected chi connectivity index (χ0v) is 12.3. The molecule has 0 heterocycles. The molecule has 0 radical (unpaired) electrons. The number of rotatable bonds is 7. The van der Waals surface area contributed by atoms with E-state index >= 15 is 0 Å². The first-order chi connectivity index (χ1) is 9.13. The fourth-order valence-corrected chi connectivity index (χ4v) is 2.22. The number of hydrogen-bond donors (Lipinski definition) is 3. The minimum Gasteiger partial charge on any atom is -0.409 e. The first-order valence-corrected chi connectivity index (χ1v) is 6.55. The number of oxime groups is 1. The molecule has 7 heteroatoms. The molecule has 0 amide bonds. The Morgan fingerprint density at radius 3 is 2.74 bits per heavy atom. The smallest absolute Gasteiger partial charge is 0.171 e. The van der Waals surface area contributed by atoms with Gasteiger partial charge in [-0.2, -0.15) is 0 Å². The van der Waals surface area contributed by atoms with Crippen LogP contribution in [0.4, 0.5) is 5.69 Å². The molecule has 106 valence electrons. The number of halogens is 1. The highest BCUT2D eigenvalue weighted by Crippen LogP contribution is 2.24. The van der Waals surface area contributed by atoms with Gasteiger partial charge in [0.2, 0.25) is 0 Å². The number of benzene rings is 1. The van der Waals surface area contributed by atoms with E-state index in [1.54, 1.807) is 13.2 Å². The lowest BCUT2D eigenvalue weighted by molar-refractivity contribution is 0.203. The van der Waals surface area contributed by atoms with Crippen LogP contribution in [0.15, 0.2) is 27.8 Å². The average Bonchev–Trinajstić information content (AvgIpc) is 2.42. The van der Waals surface area contributed by atoms with Crippen LogP contribution in [0, 0.1) is 0 Å². The molecule has 0 aliphatic rings. The van der Waals surface area contributed by atoms with Crippen molar-refractivity contribution >= 4 is 27.5 Å². The van der Waals surface area contributed by atoms with E-state index in [1.807, 2.05) is 17.0 Å². The third-order valence-corrected chi connectivity index (χ3v) is 3.29. The summed E-state index contributed by atoms with van der Waals surface area (Å²) in [7, 11) is 1.63. The van der Waals surface area contributed by atoms with Gasteiger partial charge in [0.15, 0.2) is 5.84 Å². The average molecular weight is 332 g/mol. The molecule has 4 N–H and O–H groups in total. The molecule has 1 rings (SSSR count). The number of ether oxygens (including phenoxy) is 1. The van der Waals surface area contributed by atoms with Gasteiger partial charge in [0, 0.05) is 35.9 Å². The lowest BCUT2D eigenvalue weighted by Crippen LogP contribution is -2.30. The second-order valence-electron chi connectivity index (χ2n) is 3.85. The van der Waals surface area contributed by atoms with Crippen molar-refractivity contribution in [3.63, 3.8) is 0 Å². The Kier molecular flexibility index (Phi) is 6.61. The Morgan fingerprint density at radius 2 is 2.21 bits per heavy atom. The summed E-state index contributed by atoms with van der Waals surface area (Å²) in [5.74, 6) is 0.0454. The summed E-state index contributed by atoms with van der Waals surface area (Å²) in [6, 6.07) is 5.47. The van der Waals surface area contributed by atoms with Crippen molar-refractivity contribution in [1.29, 1.82) is 0 Å². The van der Waals surface area contributed by atoms with E-state index in [2.05, 4.69) is 21.1 Å². The van der Waals surface area contributed by atoms with Gasteiger partial charge in [-0.1, -0.05) is 5.16 Å². The molecule has 6 nitrogen and oxygen atoms in total. The Labute approximate surface area is 120 Å². The maximum atomic E-state index is 9.08. The molecular formula is C12H18BrN3O3. The van der Waals surface area contributed by atoms with Gasteiger partial charge in [-0.25, -0.2) is 0 Å². The van der Waals surface area contributed by atoms with Crippen molar-refractivity contribution in [2.45, 2.75) is 0 Å². The van der Waals surface area contributed by atoms with E-state index < -0.39 is 0 Å². The number of nitrogens with two attached hydrogens (primary N) is 1. The van der Waals surface area contributed by atoms with Crippen LogP contribution >= 0.6 is 15.9 Å². The molecule has 0 fully saturated rings. The van der Waals surface area contributed by atoms with Crippen LogP contribution in [0.3, 0.4) is 0 Å². The second-order valence-corrected chi connectivity index (χ2v) is 4.71. The maximum Gasteiger partial charge on any atom is 0.171 e. The van der Waals surface area contributed by atoms with E-state index in [4.69, 9.17) is 20.8 Å². The highest BCUT2D eigenvalue weighted by atomic mass is 79.9. The SMILES string of the molecule is COCCN(CCO)c1ccc(/C(N)=N/O)c(Br)c1. The van der Waals surface area contributed by atoms with Gasteiger partial charge in [0.1, 0.15) is 0 Å². The van der Waals surface area contributed by atoms with Gasteiger partial charge in [-0.05, 0) is 34.1 Å². The molecule has 0 aliphatic carbocycles. The number of anilines is 1. The summed E-state index contributed by atoms with van der Waals surface area (Å²) in [6.07, 6.45) is 0. The molecule has 19 heavy (non-hydrogen) atoms. The molecule has 0 unspecified atom stereocenters. The van der Waals surface area contributed by atoms with Gasteiger partial charge in [0.05, 0.1) is 13.2 Å². The van der Waals surface area contributed by atoms with Gasteiger partial charge in [-0.3, -0.25) is 0 Å². The molecule has 0 atom stereocenters. The van der Waals surface area contributed by atoms with Crippen LogP contribution in [-0.4, -0.2) is 49.6 Å². The number of aliphatic hydroxyl groups excluding tert-OH is 1. The van der Waals surface area contributed by atoms with Crippen molar-refractivity contribution in [2.24, 2.45) is 10.9 Å². The number of aliphatic hydroxyl groups is 1. The summed E-state index contributed by atoms with van der Waals surface area (Å²) in [4.78, 5) is 1.99. The molecule has 1 aromatic carbocycles. The third kappa shape index (κ3) is 4.38. The largest absolute Gasteiger partial charge is 0.409 e. The van der Waals surface area contributed by atoms with Gasteiger partial charge < -0.3 is 25.7 Å². The Balaban J connectivity index is 2.95. The molecule has 0 saturated heterocycles. The van der Waals surface area contributed by atoms with Gasteiger partial charge in [-0.15, -0.1) is 0 Å². The zero-order valence-electron chi connectivity index (χ0n) is 10.7. The normalized spacial score (nSPS) is 11.6. The number of amidine groups is 1. The minimum atomic E-state index is 0.0454. The fraction of sp³-hybridized carbons (Fsp3) is 0.417. The van der Waals surface area contributed by atoms with E-state index in [0.29, 0.717) is 25.3 Å². The number of methoxy groups -OCH3 is 1. The molecule has 1 aromatic rings. The van der Waals surface area contributed by atoms with E-state index in [0.717, 1.165) is 10.2 Å². The highest BCUT2D eigenvalue weighted by Gasteiger charge is 2.10. The second kappa shape index (κ2) is 7.98. The molecule has 0 saturated carbocycles. The topological polar surface area (TPSA) is 91.3 Å². The summed E-state index contributed by atoms with van der Waals surface area (Å²) >= 11 is 3.38. The predicted molar refractivity (Wildman–Crippen MR) is 77.8 cm³/mol. The van der Waals surface area contributed by atoms with E-state index in [9.17, 15) is 0 Å². The lowest BCUT2D eigenvalue weighted by Gasteiger charge is -2.24. The van der Waals surface area contributed by atoms with Gasteiger partial charge in [0.25, 0.3) is 0 Å². The van der Waals surface area contributed by atoms with Crippen LogP contribution in [0.2, 0.25) is 0 Å². The van der Waals surface area contributed by atoms with E-state index in [1.165, 1.54) is 0 Å². The van der Waals surface area contributed by atoms with Crippen LogP contribution in [-0.2, 0) is 4.74 Å². The Bertz CT molecular complexity index is 440. The van der Waals surface area contributed by atoms with Crippen molar-refractivity contribution in [3.05, 3.63) is 28.2 Å². The lowest BCUT2D eigenvalue weighted by atomic mass is 10.2. The van der Waals surface area contributed by atoms with Crippen LogP contribution < -0.4 is 10.6 Å². The Hall–Kier alpha value is -1.31. The molecule has 0 bridgehead atoms. The van der Waals surface area contributed by atoms with Crippen molar-refractivity contribution in [2.75, 3.05) is 38.3 Å². The van der Waals surface area contributed by atoms with Crippen molar-refractivity contribution in [3.8, 4) is 0 Å². The third-order valence-electron chi connectivity index (χ3n) is 2.64. The van der Waals surface area contributed by atoms with E-state index in [-0.39, 0.29) is 12.4 Å². The van der Waals surface area contributed by atoms with Crippen molar-refractivity contribution < 1.29 is 15.1 Å². The fourth-order valence-electron chi connectivity index (χ4n) is 1.65. The molecule has 0 aliphatic heterocycles. The van der Waals surface area contributed by atoms with Crippen LogP contribution in [0.5, 0.6) is 0 Å². The first kappa shape index (κ1) is 15.7.